The number of ether oxygens (including phenoxy) is 2. The molecule has 0 heterocycles. The van der Waals surface area contributed by atoms with Crippen LogP contribution in [0.1, 0.15) is 90.5 Å². The van der Waals surface area contributed by atoms with Crippen LogP contribution in [0.25, 0.3) is 0 Å². The Morgan fingerprint density at radius 3 is 2.44 bits per heavy atom. The summed E-state index contributed by atoms with van der Waals surface area (Å²) in [5, 5.41) is 14.6. The average molecular weight is 503 g/mol. The monoisotopic (exact) mass is 502 g/mol. The van der Waals surface area contributed by atoms with Gasteiger partial charge in [-0.15, -0.1) is 0 Å². The number of rotatable bonds is 8. The first kappa shape index (κ1) is 28.5. The van der Waals surface area contributed by atoms with Gasteiger partial charge in [-0.25, -0.2) is 4.79 Å². The van der Waals surface area contributed by atoms with Crippen LogP contribution in [0.2, 0.25) is 0 Å². The molecule has 2 atom stereocenters. The van der Waals surface area contributed by atoms with Crippen LogP contribution in [0, 0.1) is 11.3 Å². The molecule has 202 valence electrons. The number of amides is 1. The lowest BCUT2D eigenvalue weighted by molar-refractivity contribution is -0.137. The van der Waals surface area contributed by atoms with Gasteiger partial charge in [0.1, 0.15) is 11.4 Å². The average Bonchev–Trinajstić information content (AvgIpc) is 2.79. The first-order valence-corrected chi connectivity index (χ1v) is 13.6. The maximum atomic E-state index is 13.1. The number of hydrogen-bond donors (Lipinski definition) is 2. The van der Waals surface area contributed by atoms with Crippen LogP contribution in [0.15, 0.2) is 24.3 Å². The molecule has 1 aromatic carbocycles. The zero-order valence-corrected chi connectivity index (χ0v) is 22.9. The third kappa shape index (κ3) is 7.94. The summed E-state index contributed by atoms with van der Waals surface area (Å²) in [4.78, 5) is 27.5. The molecule has 2 aliphatic rings. The van der Waals surface area contributed by atoms with Gasteiger partial charge in [0.25, 0.3) is 0 Å². The maximum absolute atomic E-state index is 13.1. The highest BCUT2D eigenvalue weighted by molar-refractivity contribution is 5.73. The SMILES string of the molecule is CN(C)C[C@@H]1CCCC[C@@]1(O)c1cccc(OC(=O)CC2(CNC(=O)OC(C)(C)C)CCCCC2)c1. The van der Waals surface area contributed by atoms with Gasteiger partial charge in [-0.2, -0.15) is 0 Å². The molecule has 0 unspecified atom stereocenters. The van der Waals surface area contributed by atoms with Crippen molar-refractivity contribution in [3.8, 4) is 5.75 Å². The van der Waals surface area contributed by atoms with Crippen molar-refractivity contribution in [1.29, 1.82) is 0 Å². The summed E-state index contributed by atoms with van der Waals surface area (Å²) in [6.07, 6.45) is 8.49. The van der Waals surface area contributed by atoms with Gasteiger partial charge in [-0.3, -0.25) is 4.79 Å². The van der Waals surface area contributed by atoms with Crippen molar-refractivity contribution >= 4 is 12.1 Å². The molecular weight excluding hydrogens is 456 g/mol. The molecule has 0 spiro atoms. The largest absolute Gasteiger partial charge is 0.444 e. The molecular formula is C29H46N2O5. The van der Waals surface area contributed by atoms with Crippen LogP contribution >= 0.6 is 0 Å². The van der Waals surface area contributed by atoms with E-state index in [4.69, 9.17) is 9.47 Å². The van der Waals surface area contributed by atoms with Gasteiger partial charge < -0.3 is 24.8 Å². The van der Waals surface area contributed by atoms with Crippen molar-refractivity contribution in [2.75, 3.05) is 27.2 Å². The minimum absolute atomic E-state index is 0.136. The quantitative estimate of drug-likeness (QED) is 0.366. The standard InChI is InChI=1S/C29H46N2O5/c1-27(2,3)36-26(33)30-21-28(15-8-6-9-16-28)19-25(32)35-24-14-11-13-22(18-24)29(34)17-10-7-12-23(29)20-31(4)5/h11,13-14,18,23,34H,6-10,12,15-17,19-21H2,1-5H3,(H,30,33)/t23-,29+/m0/s1. The topological polar surface area (TPSA) is 88.1 Å². The van der Waals surface area contributed by atoms with E-state index in [0.717, 1.165) is 63.5 Å². The fraction of sp³-hybridized carbons (Fsp3) is 0.724. The van der Waals surface area contributed by atoms with Crippen molar-refractivity contribution in [3.05, 3.63) is 29.8 Å². The van der Waals surface area contributed by atoms with E-state index in [1.165, 1.54) is 0 Å². The van der Waals surface area contributed by atoms with Crippen molar-refractivity contribution in [1.82, 2.24) is 10.2 Å². The van der Waals surface area contributed by atoms with Gasteiger partial charge in [0.15, 0.2) is 0 Å². The van der Waals surface area contributed by atoms with Crippen molar-refractivity contribution in [2.45, 2.75) is 96.2 Å². The lowest BCUT2D eigenvalue weighted by Crippen LogP contribution is -2.43. The highest BCUT2D eigenvalue weighted by Gasteiger charge is 2.41. The summed E-state index contributed by atoms with van der Waals surface area (Å²) in [5.74, 6) is 0.295. The molecule has 0 aliphatic heterocycles. The number of hydrogen-bond acceptors (Lipinski definition) is 6. The van der Waals surface area contributed by atoms with E-state index in [-0.39, 0.29) is 23.7 Å². The number of carbonyl (C=O) groups is 2. The van der Waals surface area contributed by atoms with Crippen molar-refractivity contribution in [3.63, 3.8) is 0 Å². The normalized spacial score (nSPS) is 24.2. The zero-order chi connectivity index (χ0) is 26.4. The van der Waals surface area contributed by atoms with Crippen LogP contribution in [0.4, 0.5) is 4.79 Å². The second-order valence-electron chi connectivity index (χ2n) is 12.2. The molecule has 2 fully saturated rings. The highest BCUT2D eigenvalue weighted by atomic mass is 16.6. The Hall–Kier alpha value is -2.12. The molecule has 1 amide bonds. The van der Waals surface area contributed by atoms with Crippen molar-refractivity contribution in [2.24, 2.45) is 11.3 Å². The molecule has 2 aliphatic carbocycles. The number of benzene rings is 1. The first-order valence-electron chi connectivity index (χ1n) is 13.6. The molecule has 0 saturated heterocycles. The van der Waals surface area contributed by atoms with E-state index >= 15 is 0 Å². The summed E-state index contributed by atoms with van der Waals surface area (Å²) in [5.41, 5.74) is -1.00. The lowest BCUT2D eigenvalue weighted by Gasteiger charge is -2.41. The van der Waals surface area contributed by atoms with Gasteiger partial charge in [0.2, 0.25) is 0 Å². The van der Waals surface area contributed by atoms with E-state index in [1.807, 2.05) is 53.1 Å². The smallest absolute Gasteiger partial charge is 0.407 e. The van der Waals surface area contributed by atoms with Crippen molar-refractivity contribution < 1.29 is 24.2 Å². The predicted molar refractivity (Wildman–Crippen MR) is 141 cm³/mol. The zero-order valence-electron chi connectivity index (χ0n) is 22.9. The first-order chi connectivity index (χ1) is 16.9. The number of alkyl carbamates (subject to hydrolysis) is 1. The third-order valence-corrected chi connectivity index (χ3v) is 7.63. The number of carbonyl (C=O) groups excluding carboxylic acids is 2. The number of esters is 1. The number of aliphatic hydroxyl groups is 1. The van der Waals surface area contributed by atoms with Crippen LogP contribution in [0.3, 0.4) is 0 Å². The molecule has 0 bridgehead atoms. The van der Waals surface area contributed by atoms with Gasteiger partial charge in [0.05, 0.1) is 12.0 Å². The van der Waals surface area contributed by atoms with Gasteiger partial charge in [-0.1, -0.05) is 44.2 Å². The molecule has 3 rings (SSSR count). The molecule has 0 radical (unpaired) electrons. The minimum atomic E-state index is -0.924. The Kier molecular flexibility index (Phi) is 9.44. The Balaban J connectivity index is 1.68. The van der Waals surface area contributed by atoms with E-state index < -0.39 is 17.3 Å². The summed E-state index contributed by atoms with van der Waals surface area (Å²) in [7, 11) is 4.07. The van der Waals surface area contributed by atoms with Crippen LogP contribution < -0.4 is 10.1 Å². The fourth-order valence-electron chi connectivity index (χ4n) is 5.89. The van der Waals surface area contributed by atoms with Gasteiger partial charge in [0, 0.05) is 19.0 Å². The molecule has 2 saturated carbocycles. The fourth-order valence-corrected chi connectivity index (χ4v) is 5.89. The van der Waals surface area contributed by atoms with Crippen LogP contribution in [-0.2, 0) is 15.1 Å². The molecule has 7 heteroatoms. The Bertz CT molecular complexity index is 888. The number of nitrogens with zero attached hydrogens (tertiary/aromatic N) is 1. The van der Waals surface area contributed by atoms with E-state index in [0.29, 0.717) is 18.7 Å². The van der Waals surface area contributed by atoms with Crippen LogP contribution in [0.5, 0.6) is 5.75 Å². The Labute approximate surface area is 216 Å². The Morgan fingerprint density at radius 2 is 1.78 bits per heavy atom. The van der Waals surface area contributed by atoms with Gasteiger partial charge >= 0.3 is 12.1 Å². The molecule has 36 heavy (non-hydrogen) atoms. The minimum Gasteiger partial charge on any atom is -0.444 e. The molecule has 0 aromatic heterocycles. The van der Waals surface area contributed by atoms with E-state index in [9.17, 15) is 14.7 Å². The maximum Gasteiger partial charge on any atom is 0.407 e. The van der Waals surface area contributed by atoms with Crippen LogP contribution in [-0.4, -0.2) is 54.9 Å². The van der Waals surface area contributed by atoms with E-state index in [2.05, 4.69) is 10.2 Å². The predicted octanol–water partition coefficient (Wildman–Crippen LogP) is 5.40. The molecule has 1 aromatic rings. The summed E-state index contributed by atoms with van der Waals surface area (Å²) < 4.78 is 11.2. The number of nitrogens with one attached hydrogen (secondary N) is 1. The highest BCUT2D eigenvalue weighted by Crippen LogP contribution is 2.43. The second kappa shape index (κ2) is 12.0. The molecule has 2 N–H and O–H groups in total. The Morgan fingerprint density at radius 1 is 1.08 bits per heavy atom. The summed E-state index contributed by atoms with van der Waals surface area (Å²) in [6.45, 7) is 6.71. The lowest BCUT2D eigenvalue weighted by atomic mass is 9.71. The molecule has 7 nitrogen and oxygen atoms in total. The summed E-state index contributed by atoms with van der Waals surface area (Å²) in [6, 6.07) is 7.41. The second-order valence-corrected chi connectivity index (χ2v) is 12.2. The summed E-state index contributed by atoms with van der Waals surface area (Å²) >= 11 is 0. The van der Waals surface area contributed by atoms with Gasteiger partial charge in [-0.05, 0) is 83.7 Å². The van der Waals surface area contributed by atoms with E-state index in [1.54, 1.807) is 6.07 Å². The third-order valence-electron chi connectivity index (χ3n) is 7.63.